The summed E-state index contributed by atoms with van der Waals surface area (Å²) < 4.78 is 0. The van der Waals surface area contributed by atoms with Crippen LogP contribution in [-0.4, -0.2) is 35.7 Å². The average molecular weight is 328 g/mol. The fourth-order valence-corrected chi connectivity index (χ4v) is 3.58. The summed E-state index contributed by atoms with van der Waals surface area (Å²) in [6.45, 7) is 1.05. The van der Waals surface area contributed by atoms with Crippen LogP contribution in [0, 0.1) is 5.92 Å². The maximum absolute atomic E-state index is 12.2. The molecule has 1 saturated carbocycles. The van der Waals surface area contributed by atoms with Gasteiger partial charge < -0.3 is 5.32 Å². The molecule has 1 N–H and O–H groups in total. The van der Waals surface area contributed by atoms with Crippen molar-refractivity contribution in [1.82, 2.24) is 10.2 Å². The summed E-state index contributed by atoms with van der Waals surface area (Å²) in [5.74, 6) is 0.118. The van der Waals surface area contributed by atoms with Gasteiger partial charge in [-0.05, 0) is 37.3 Å². The second kappa shape index (κ2) is 7.60. The van der Waals surface area contributed by atoms with Gasteiger partial charge in [0.2, 0.25) is 5.91 Å². The van der Waals surface area contributed by atoms with Gasteiger partial charge in [-0.15, -0.1) is 0 Å². The number of benzene rings is 1. The number of nitrogens with one attached hydrogen (secondary N) is 1. The molecular formula is C19H24N2O3. The number of amides is 3. The van der Waals surface area contributed by atoms with E-state index < -0.39 is 0 Å². The highest BCUT2D eigenvalue weighted by Gasteiger charge is 2.34. The minimum Gasteiger partial charge on any atom is -0.356 e. The van der Waals surface area contributed by atoms with E-state index in [1.54, 1.807) is 24.3 Å². The van der Waals surface area contributed by atoms with Crippen LogP contribution >= 0.6 is 0 Å². The molecule has 0 bridgehead atoms. The molecule has 1 heterocycles. The molecular weight excluding hydrogens is 304 g/mol. The van der Waals surface area contributed by atoms with Gasteiger partial charge in [0.05, 0.1) is 11.1 Å². The van der Waals surface area contributed by atoms with E-state index in [1.165, 1.54) is 37.0 Å². The Hall–Kier alpha value is -2.17. The quantitative estimate of drug-likeness (QED) is 0.817. The first kappa shape index (κ1) is 16.7. The third kappa shape index (κ3) is 3.66. The number of hydrogen-bond donors (Lipinski definition) is 1. The molecule has 24 heavy (non-hydrogen) atoms. The summed E-state index contributed by atoms with van der Waals surface area (Å²) >= 11 is 0. The van der Waals surface area contributed by atoms with Gasteiger partial charge >= 0.3 is 0 Å². The number of carbonyl (C=O) groups is 3. The Kier molecular flexibility index (Phi) is 5.28. The van der Waals surface area contributed by atoms with Crippen LogP contribution in [0.1, 0.15) is 65.7 Å². The van der Waals surface area contributed by atoms with Crippen LogP contribution < -0.4 is 5.32 Å². The topological polar surface area (TPSA) is 66.5 Å². The molecule has 5 heteroatoms. The fraction of sp³-hybridized carbons (Fsp3) is 0.526. The van der Waals surface area contributed by atoms with Crippen molar-refractivity contribution in [3.05, 3.63) is 35.4 Å². The smallest absolute Gasteiger partial charge is 0.261 e. The number of hydrogen-bond acceptors (Lipinski definition) is 3. The Morgan fingerprint density at radius 3 is 2.29 bits per heavy atom. The van der Waals surface area contributed by atoms with Crippen LogP contribution in [0.5, 0.6) is 0 Å². The molecule has 128 valence electrons. The van der Waals surface area contributed by atoms with E-state index >= 15 is 0 Å². The first-order chi connectivity index (χ1) is 11.7. The summed E-state index contributed by atoms with van der Waals surface area (Å²) in [6, 6.07) is 6.86. The van der Waals surface area contributed by atoms with E-state index in [-0.39, 0.29) is 17.7 Å². The number of imide groups is 1. The largest absolute Gasteiger partial charge is 0.356 e. The van der Waals surface area contributed by atoms with Crippen LogP contribution in [0.15, 0.2) is 24.3 Å². The summed E-state index contributed by atoms with van der Waals surface area (Å²) in [4.78, 5) is 37.6. The van der Waals surface area contributed by atoms with Gasteiger partial charge in [0.15, 0.2) is 0 Å². The maximum atomic E-state index is 12.2. The Morgan fingerprint density at radius 1 is 1.04 bits per heavy atom. The van der Waals surface area contributed by atoms with Gasteiger partial charge in [-0.3, -0.25) is 19.3 Å². The molecule has 0 saturated heterocycles. The van der Waals surface area contributed by atoms with Crippen LogP contribution in [0.4, 0.5) is 0 Å². The van der Waals surface area contributed by atoms with Crippen molar-refractivity contribution >= 4 is 17.7 Å². The molecule has 0 spiro atoms. The normalized spacial score (nSPS) is 17.9. The molecule has 1 aromatic carbocycles. The SMILES string of the molecule is O=C(CCCN1C(=O)c2ccccc2C1=O)NCC1CCCCC1. The zero-order chi connectivity index (χ0) is 16.9. The summed E-state index contributed by atoms with van der Waals surface area (Å²) in [5, 5.41) is 2.99. The molecule has 1 aliphatic carbocycles. The highest BCUT2D eigenvalue weighted by Crippen LogP contribution is 2.23. The average Bonchev–Trinajstić information content (AvgIpc) is 2.86. The van der Waals surface area contributed by atoms with Gasteiger partial charge in [0, 0.05) is 19.5 Å². The second-order valence-electron chi connectivity index (χ2n) is 6.72. The van der Waals surface area contributed by atoms with E-state index in [1.807, 2.05) is 0 Å². The van der Waals surface area contributed by atoms with Crippen molar-refractivity contribution in [3.8, 4) is 0 Å². The van der Waals surface area contributed by atoms with Crippen LogP contribution in [0.3, 0.4) is 0 Å². The minimum absolute atomic E-state index is 0.0113. The molecule has 0 aromatic heterocycles. The Bertz CT molecular complexity index is 600. The summed E-state index contributed by atoms with van der Waals surface area (Å²) in [6.07, 6.45) is 7.10. The first-order valence-electron chi connectivity index (χ1n) is 8.89. The van der Waals surface area contributed by atoms with Gasteiger partial charge in [0.1, 0.15) is 0 Å². The molecule has 2 aliphatic rings. The maximum Gasteiger partial charge on any atom is 0.261 e. The van der Waals surface area contributed by atoms with Gasteiger partial charge in [-0.1, -0.05) is 31.4 Å². The molecule has 0 atom stereocenters. The summed E-state index contributed by atoms with van der Waals surface area (Å²) in [7, 11) is 0. The molecule has 3 rings (SSSR count). The molecule has 1 aliphatic heterocycles. The third-order valence-electron chi connectivity index (χ3n) is 4.98. The Morgan fingerprint density at radius 2 is 1.67 bits per heavy atom. The van der Waals surface area contributed by atoms with Crippen molar-refractivity contribution in [2.45, 2.75) is 44.9 Å². The van der Waals surface area contributed by atoms with E-state index in [0.717, 1.165) is 6.54 Å². The monoisotopic (exact) mass is 328 g/mol. The van der Waals surface area contributed by atoms with Crippen molar-refractivity contribution in [2.75, 3.05) is 13.1 Å². The van der Waals surface area contributed by atoms with E-state index in [4.69, 9.17) is 0 Å². The lowest BCUT2D eigenvalue weighted by atomic mass is 9.89. The summed E-state index contributed by atoms with van der Waals surface area (Å²) in [5.41, 5.74) is 0.925. The lowest BCUT2D eigenvalue weighted by Gasteiger charge is -2.21. The van der Waals surface area contributed by atoms with Crippen molar-refractivity contribution in [2.24, 2.45) is 5.92 Å². The highest BCUT2D eigenvalue weighted by molar-refractivity contribution is 6.21. The minimum atomic E-state index is -0.252. The van der Waals surface area contributed by atoms with Crippen LogP contribution in [-0.2, 0) is 4.79 Å². The van der Waals surface area contributed by atoms with Crippen LogP contribution in [0.2, 0.25) is 0 Å². The van der Waals surface area contributed by atoms with Gasteiger partial charge in [-0.25, -0.2) is 0 Å². The lowest BCUT2D eigenvalue weighted by molar-refractivity contribution is -0.121. The molecule has 0 radical (unpaired) electrons. The predicted octanol–water partition coefficient (Wildman–Crippen LogP) is 2.76. The van der Waals surface area contributed by atoms with Crippen molar-refractivity contribution in [3.63, 3.8) is 0 Å². The molecule has 1 aromatic rings. The standard InChI is InChI=1S/C19H24N2O3/c22-17(20-13-14-7-2-1-3-8-14)11-6-12-21-18(23)15-9-4-5-10-16(15)19(21)24/h4-5,9-10,14H,1-3,6-8,11-13H2,(H,20,22). The Balaban J connectivity index is 1.41. The zero-order valence-corrected chi connectivity index (χ0v) is 13.9. The highest BCUT2D eigenvalue weighted by atomic mass is 16.2. The fourth-order valence-electron chi connectivity index (χ4n) is 3.58. The lowest BCUT2D eigenvalue weighted by Crippen LogP contribution is -2.33. The van der Waals surface area contributed by atoms with Gasteiger partial charge in [0.25, 0.3) is 11.8 Å². The molecule has 1 fully saturated rings. The van der Waals surface area contributed by atoms with E-state index in [2.05, 4.69) is 5.32 Å². The molecule has 5 nitrogen and oxygen atoms in total. The molecule has 3 amide bonds. The second-order valence-corrected chi connectivity index (χ2v) is 6.72. The van der Waals surface area contributed by atoms with Gasteiger partial charge in [-0.2, -0.15) is 0 Å². The van der Waals surface area contributed by atoms with Crippen molar-refractivity contribution in [1.29, 1.82) is 0 Å². The van der Waals surface area contributed by atoms with Crippen molar-refractivity contribution < 1.29 is 14.4 Å². The number of carbonyl (C=O) groups excluding carboxylic acids is 3. The van der Waals surface area contributed by atoms with Crippen LogP contribution in [0.25, 0.3) is 0 Å². The third-order valence-corrected chi connectivity index (χ3v) is 4.98. The number of rotatable bonds is 6. The predicted molar refractivity (Wildman–Crippen MR) is 90.6 cm³/mol. The zero-order valence-electron chi connectivity index (χ0n) is 13.9. The van der Waals surface area contributed by atoms with E-state index in [9.17, 15) is 14.4 Å². The molecule has 0 unspecified atom stereocenters. The Labute approximate surface area is 142 Å². The number of fused-ring (bicyclic) bond motifs is 1. The van der Waals surface area contributed by atoms with E-state index in [0.29, 0.717) is 36.4 Å². The number of nitrogens with zero attached hydrogens (tertiary/aromatic N) is 1. The first-order valence-corrected chi connectivity index (χ1v) is 8.89.